The molecule has 0 radical (unpaired) electrons. The zero-order chi connectivity index (χ0) is 22.8. The van der Waals surface area contributed by atoms with Gasteiger partial charge in [0.2, 0.25) is 5.91 Å². The van der Waals surface area contributed by atoms with E-state index in [9.17, 15) is 4.79 Å². The van der Waals surface area contributed by atoms with E-state index in [4.69, 9.17) is 10.7 Å². The van der Waals surface area contributed by atoms with Crippen molar-refractivity contribution < 1.29 is 4.79 Å². The predicted octanol–water partition coefficient (Wildman–Crippen LogP) is 4.61. The van der Waals surface area contributed by atoms with Gasteiger partial charge in [0.15, 0.2) is 0 Å². The number of nitrogens with one attached hydrogen (secondary N) is 2. The van der Waals surface area contributed by atoms with E-state index in [-0.39, 0.29) is 5.91 Å². The Labute approximate surface area is 193 Å². The van der Waals surface area contributed by atoms with Crippen LogP contribution >= 0.6 is 0 Å². The number of rotatable bonds is 5. The monoisotopic (exact) mass is 437 g/mol. The zero-order valence-corrected chi connectivity index (χ0v) is 18.5. The van der Waals surface area contributed by atoms with E-state index in [0.29, 0.717) is 23.2 Å². The van der Waals surface area contributed by atoms with Gasteiger partial charge in [-0.2, -0.15) is 0 Å². The van der Waals surface area contributed by atoms with E-state index in [0.717, 1.165) is 35.5 Å². The number of nitrogens with two attached hydrogens (primary N) is 1. The third-order valence-corrected chi connectivity index (χ3v) is 6.27. The largest absolute Gasteiger partial charge is 0.397 e. The number of imidazole rings is 1. The third-order valence-electron chi connectivity index (χ3n) is 6.27. The number of aromatic amines is 1. The van der Waals surface area contributed by atoms with Crippen molar-refractivity contribution in [2.75, 3.05) is 31.2 Å². The number of amides is 1. The Morgan fingerprint density at radius 2 is 1.76 bits per heavy atom. The second-order valence-corrected chi connectivity index (χ2v) is 8.65. The second-order valence-electron chi connectivity index (χ2n) is 8.65. The van der Waals surface area contributed by atoms with E-state index in [1.807, 2.05) is 36.4 Å². The van der Waals surface area contributed by atoms with Gasteiger partial charge in [-0.25, -0.2) is 4.98 Å². The number of hydrogen-bond donors (Lipinski definition) is 3. The number of anilines is 2. The maximum atomic E-state index is 12.3. The van der Waals surface area contributed by atoms with Gasteiger partial charge in [0.05, 0.1) is 22.4 Å². The minimum atomic E-state index is -0.209. The number of likely N-dealkylation sites (tertiary alicyclic amines) is 1. The Hall–Kier alpha value is -3.90. The number of likely N-dealkylation sites (N-methyl/N-ethyl adjacent to an activating group) is 1. The lowest BCUT2D eigenvalue weighted by Crippen LogP contribution is -2.13. The molecule has 1 fully saturated rings. The number of aromatic nitrogens is 2. The molecule has 0 spiro atoms. The number of nitrogens with zero attached hydrogens (tertiary/aromatic N) is 2. The molecule has 0 saturated carbocycles. The first-order valence-electron chi connectivity index (χ1n) is 11.1. The highest BCUT2D eigenvalue weighted by atomic mass is 16.1. The number of para-hydroxylation sites is 4. The highest BCUT2D eigenvalue weighted by Crippen LogP contribution is 2.38. The topological polar surface area (TPSA) is 87.0 Å². The van der Waals surface area contributed by atoms with E-state index >= 15 is 0 Å². The molecule has 3 aromatic carbocycles. The summed E-state index contributed by atoms with van der Waals surface area (Å²) in [6.45, 7) is 1.95. The Balaban J connectivity index is 1.30. The summed E-state index contributed by atoms with van der Waals surface area (Å²) >= 11 is 0. The quantitative estimate of drug-likeness (QED) is 0.314. The predicted molar refractivity (Wildman–Crippen MR) is 134 cm³/mol. The first-order chi connectivity index (χ1) is 16.1. The Morgan fingerprint density at radius 1 is 1.03 bits per heavy atom. The number of nitrogen functional groups attached to an aromatic ring is 1. The zero-order valence-electron chi connectivity index (χ0n) is 18.5. The molecule has 1 aliphatic rings. The van der Waals surface area contributed by atoms with Crippen LogP contribution in [0.1, 0.15) is 28.8 Å². The van der Waals surface area contributed by atoms with Crippen LogP contribution in [-0.2, 0) is 4.79 Å². The molecule has 1 aliphatic heterocycles. The summed E-state index contributed by atoms with van der Waals surface area (Å²) in [4.78, 5) is 23.0. The summed E-state index contributed by atoms with van der Waals surface area (Å²) in [5.41, 5.74) is 11.4. The van der Waals surface area contributed by atoms with Crippen molar-refractivity contribution in [3.8, 4) is 0 Å². The van der Waals surface area contributed by atoms with E-state index in [1.54, 1.807) is 12.1 Å². The van der Waals surface area contributed by atoms with E-state index in [2.05, 4.69) is 52.6 Å². The Morgan fingerprint density at radius 3 is 2.55 bits per heavy atom. The standard InChI is InChI=1S/C27H27N5O/c1-32-16-20(21(17-32)27-30-24-8-4-5-9-25(24)31-27)19-13-10-18(11-14-19)12-15-26(33)29-23-7-3-2-6-22(23)28/h2-15,20-21H,16-17,28H2,1H3,(H,29,33)(H,30,31)/b15-12+. The number of carbonyl (C=O) groups excluding carboxylic acids is 1. The molecule has 6 heteroatoms. The normalized spacial score (nSPS) is 18.8. The lowest BCUT2D eigenvalue weighted by atomic mass is 9.88. The molecule has 166 valence electrons. The van der Waals surface area contributed by atoms with Crippen LogP contribution in [0.25, 0.3) is 17.1 Å². The summed E-state index contributed by atoms with van der Waals surface area (Å²) in [6.07, 6.45) is 3.34. The smallest absolute Gasteiger partial charge is 0.248 e. The van der Waals surface area contributed by atoms with Crippen molar-refractivity contribution in [2.24, 2.45) is 0 Å². The van der Waals surface area contributed by atoms with Crippen LogP contribution in [0.5, 0.6) is 0 Å². The van der Waals surface area contributed by atoms with Crippen molar-refractivity contribution in [1.29, 1.82) is 0 Å². The highest BCUT2D eigenvalue weighted by molar-refractivity contribution is 6.03. The SMILES string of the molecule is CN1CC(c2ccc(/C=C/C(=O)Nc3ccccc3N)cc2)C(c2nc3ccccc3[nH]2)C1. The fourth-order valence-corrected chi connectivity index (χ4v) is 4.57. The molecule has 33 heavy (non-hydrogen) atoms. The fraction of sp³-hybridized carbons (Fsp3) is 0.185. The van der Waals surface area contributed by atoms with Crippen LogP contribution in [-0.4, -0.2) is 40.9 Å². The first-order valence-corrected chi connectivity index (χ1v) is 11.1. The number of benzene rings is 3. The lowest BCUT2D eigenvalue weighted by molar-refractivity contribution is -0.111. The average molecular weight is 438 g/mol. The number of H-pyrrole nitrogens is 1. The van der Waals surface area contributed by atoms with Crippen LogP contribution in [0.3, 0.4) is 0 Å². The van der Waals surface area contributed by atoms with E-state index < -0.39 is 0 Å². The molecule has 0 bridgehead atoms. The van der Waals surface area contributed by atoms with Gasteiger partial charge in [-0.15, -0.1) is 0 Å². The van der Waals surface area contributed by atoms with Gasteiger partial charge in [0.1, 0.15) is 5.82 Å². The van der Waals surface area contributed by atoms with Crippen LogP contribution in [0.15, 0.2) is 78.9 Å². The van der Waals surface area contributed by atoms with Crippen molar-refractivity contribution in [2.45, 2.75) is 11.8 Å². The van der Waals surface area contributed by atoms with Crippen molar-refractivity contribution in [3.63, 3.8) is 0 Å². The van der Waals surface area contributed by atoms with Crippen molar-refractivity contribution >= 4 is 34.4 Å². The van der Waals surface area contributed by atoms with Crippen LogP contribution in [0, 0.1) is 0 Å². The molecular formula is C27H27N5O. The van der Waals surface area contributed by atoms with E-state index in [1.165, 1.54) is 11.6 Å². The van der Waals surface area contributed by atoms with Gasteiger partial charge in [-0.1, -0.05) is 48.5 Å². The average Bonchev–Trinajstić information content (AvgIpc) is 3.43. The van der Waals surface area contributed by atoms with Crippen molar-refractivity contribution in [3.05, 3.63) is 95.8 Å². The molecule has 5 rings (SSSR count). The van der Waals surface area contributed by atoms with Gasteiger partial charge in [0.25, 0.3) is 0 Å². The fourth-order valence-electron chi connectivity index (χ4n) is 4.57. The second kappa shape index (κ2) is 8.92. The van der Waals surface area contributed by atoms with Gasteiger partial charge >= 0.3 is 0 Å². The maximum absolute atomic E-state index is 12.3. The summed E-state index contributed by atoms with van der Waals surface area (Å²) in [7, 11) is 2.16. The van der Waals surface area contributed by atoms with Crippen LogP contribution in [0.2, 0.25) is 0 Å². The lowest BCUT2D eigenvalue weighted by Gasteiger charge is -2.17. The molecule has 2 unspecified atom stereocenters. The molecule has 1 amide bonds. The molecule has 0 aliphatic carbocycles. The maximum Gasteiger partial charge on any atom is 0.248 e. The summed E-state index contributed by atoms with van der Waals surface area (Å²) in [6, 6.07) is 23.8. The van der Waals surface area contributed by atoms with Gasteiger partial charge in [0, 0.05) is 31.0 Å². The first kappa shape index (κ1) is 21.0. The number of hydrogen-bond acceptors (Lipinski definition) is 4. The summed E-state index contributed by atoms with van der Waals surface area (Å²) in [5, 5.41) is 2.81. The summed E-state index contributed by atoms with van der Waals surface area (Å²) < 4.78 is 0. The van der Waals surface area contributed by atoms with Crippen LogP contribution < -0.4 is 11.1 Å². The van der Waals surface area contributed by atoms with Gasteiger partial charge in [-0.05, 0) is 48.5 Å². The van der Waals surface area contributed by atoms with Gasteiger partial charge in [-0.3, -0.25) is 4.79 Å². The number of carbonyl (C=O) groups is 1. The van der Waals surface area contributed by atoms with Gasteiger partial charge < -0.3 is 20.9 Å². The van der Waals surface area contributed by atoms with Crippen LogP contribution in [0.4, 0.5) is 11.4 Å². The molecular weight excluding hydrogens is 410 g/mol. The molecule has 1 saturated heterocycles. The Bertz CT molecular complexity index is 1270. The molecule has 4 N–H and O–H groups in total. The minimum absolute atomic E-state index is 0.209. The summed E-state index contributed by atoms with van der Waals surface area (Å²) in [5.74, 6) is 1.51. The molecule has 4 aromatic rings. The molecule has 2 atom stereocenters. The molecule has 2 heterocycles. The van der Waals surface area contributed by atoms with Crippen molar-refractivity contribution in [1.82, 2.24) is 14.9 Å². The third kappa shape index (κ3) is 4.52. The highest BCUT2D eigenvalue weighted by Gasteiger charge is 2.35. The molecule has 1 aromatic heterocycles. The number of fused-ring (bicyclic) bond motifs is 1. The molecule has 6 nitrogen and oxygen atoms in total. The Kier molecular flexibility index (Phi) is 5.67. The minimum Gasteiger partial charge on any atom is -0.397 e.